The first kappa shape index (κ1) is 14.3. The Hall–Kier alpha value is -0.790. The number of alkyl halides is 3. The monoisotopic (exact) mass is 357 g/mol. The second-order valence-corrected chi connectivity index (χ2v) is 4.95. The zero-order valence-corrected chi connectivity index (χ0v) is 11.2. The Labute approximate surface area is 111 Å². The summed E-state index contributed by atoms with van der Waals surface area (Å²) in [7, 11) is 0. The summed E-state index contributed by atoms with van der Waals surface area (Å²) < 4.78 is 37.1. The lowest BCUT2D eigenvalue weighted by atomic mass is 10.2. The fraction of sp³-hybridized carbons (Fsp3) is 0.364. The molecule has 1 atom stereocenters. The highest BCUT2D eigenvalue weighted by atomic mass is 127. The van der Waals surface area contributed by atoms with Gasteiger partial charge in [-0.3, -0.25) is 4.79 Å². The van der Waals surface area contributed by atoms with Gasteiger partial charge in [-0.25, -0.2) is 0 Å². The predicted octanol–water partition coefficient (Wildman–Crippen LogP) is 3.36. The van der Waals surface area contributed by atoms with Gasteiger partial charge in [-0.15, -0.1) is 0 Å². The van der Waals surface area contributed by atoms with Crippen molar-refractivity contribution in [2.75, 3.05) is 0 Å². The summed E-state index contributed by atoms with van der Waals surface area (Å²) in [6.45, 7) is 1.33. The van der Waals surface area contributed by atoms with Crippen molar-refractivity contribution in [1.82, 2.24) is 5.32 Å². The molecule has 1 unspecified atom stereocenters. The van der Waals surface area contributed by atoms with E-state index in [1.165, 1.54) is 6.92 Å². The standard InChI is InChI=1S/C11H11F3INO/c1-7(6-11(12,13)14)16-10(17)8-2-4-9(15)5-3-8/h2-5,7H,6H2,1H3,(H,16,17). The van der Waals surface area contributed by atoms with Crippen LogP contribution in [-0.4, -0.2) is 18.1 Å². The van der Waals surface area contributed by atoms with Crippen LogP contribution in [0.25, 0.3) is 0 Å². The first-order chi connectivity index (χ1) is 7.78. The van der Waals surface area contributed by atoms with E-state index >= 15 is 0 Å². The largest absolute Gasteiger partial charge is 0.391 e. The Kier molecular flexibility index (Phi) is 4.79. The molecule has 0 spiro atoms. The van der Waals surface area contributed by atoms with Gasteiger partial charge in [-0.1, -0.05) is 0 Å². The van der Waals surface area contributed by atoms with E-state index < -0.39 is 24.5 Å². The van der Waals surface area contributed by atoms with Crippen LogP contribution in [0, 0.1) is 3.57 Å². The van der Waals surface area contributed by atoms with Crippen LogP contribution in [0.4, 0.5) is 13.2 Å². The van der Waals surface area contributed by atoms with E-state index in [4.69, 9.17) is 0 Å². The maximum Gasteiger partial charge on any atom is 0.391 e. The van der Waals surface area contributed by atoms with E-state index in [-0.39, 0.29) is 0 Å². The maximum atomic E-state index is 12.1. The van der Waals surface area contributed by atoms with Crippen molar-refractivity contribution < 1.29 is 18.0 Å². The number of carbonyl (C=O) groups excluding carboxylic acids is 1. The van der Waals surface area contributed by atoms with Crippen molar-refractivity contribution in [2.24, 2.45) is 0 Å². The number of rotatable bonds is 3. The summed E-state index contributed by atoms with van der Waals surface area (Å²) in [6.07, 6.45) is -5.29. The van der Waals surface area contributed by atoms with Gasteiger partial charge in [0.15, 0.2) is 0 Å². The fourth-order valence-electron chi connectivity index (χ4n) is 1.31. The topological polar surface area (TPSA) is 29.1 Å². The third-order valence-electron chi connectivity index (χ3n) is 2.02. The quantitative estimate of drug-likeness (QED) is 0.826. The molecule has 1 amide bonds. The number of carbonyl (C=O) groups is 1. The molecule has 1 rings (SSSR count). The highest BCUT2D eigenvalue weighted by Crippen LogP contribution is 2.21. The molecule has 0 bridgehead atoms. The molecule has 94 valence electrons. The van der Waals surface area contributed by atoms with Gasteiger partial charge < -0.3 is 5.32 Å². The van der Waals surface area contributed by atoms with Gasteiger partial charge in [0.2, 0.25) is 0 Å². The lowest BCUT2D eigenvalue weighted by molar-refractivity contribution is -0.138. The van der Waals surface area contributed by atoms with E-state index in [2.05, 4.69) is 27.9 Å². The van der Waals surface area contributed by atoms with Crippen molar-refractivity contribution in [3.8, 4) is 0 Å². The molecular weight excluding hydrogens is 346 g/mol. The van der Waals surface area contributed by atoms with E-state index in [0.717, 1.165) is 3.57 Å². The van der Waals surface area contributed by atoms with E-state index in [1.807, 2.05) is 0 Å². The molecule has 0 heterocycles. The summed E-state index contributed by atoms with van der Waals surface area (Å²) in [4.78, 5) is 11.6. The molecule has 0 saturated heterocycles. The Morgan fingerprint density at radius 1 is 1.35 bits per heavy atom. The zero-order chi connectivity index (χ0) is 13.1. The molecule has 0 radical (unpaired) electrons. The second kappa shape index (κ2) is 5.70. The lowest BCUT2D eigenvalue weighted by Crippen LogP contribution is -2.35. The summed E-state index contributed by atoms with van der Waals surface area (Å²) in [5, 5.41) is 2.31. The Balaban J connectivity index is 2.57. The molecule has 0 aromatic heterocycles. The van der Waals surface area contributed by atoms with Crippen LogP contribution in [0.2, 0.25) is 0 Å². The molecule has 0 aliphatic carbocycles. The van der Waals surface area contributed by atoms with Crippen LogP contribution < -0.4 is 5.32 Å². The minimum absolute atomic E-state index is 0.361. The van der Waals surface area contributed by atoms with Crippen LogP contribution in [0.5, 0.6) is 0 Å². The number of halogens is 4. The van der Waals surface area contributed by atoms with Crippen LogP contribution in [0.1, 0.15) is 23.7 Å². The van der Waals surface area contributed by atoms with Gasteiger partial charge in [0.05, 0.1) is 6.42 Å². The first-order valence-electron chi connectivity index (χ1n) is 4.91. The molecule has 1 aromatic carbocycles. The molecule has 0 aliphatic heterocycles. The van der Waals surface area contributed by atoms with Crippen LogP contribution in [0.3, 0.4) is 0 Å². The van der Waals surface area contributed by atoms with Crippen molar-refractivity contribution in [1.29, 1.82) is 0 Å². The number of hydrogen-bond donors (Lipinski definition) is 1. The summed E-state index contributed by atoms with van der Waals surface area (Å²) in [6, 6.07) is 5.68. The minimum atomic E-state index is -4.27. The van der Waals surface area contributed by atoms with Gasteiger partial charge in [0.1, 0.15) is 0 Å². The Bertz CT molecular complexity index is 389. The Morgan fingerprint density at radius 2 is 1.88 bits per heavy atom. The molecule has 0 saturated carbocycles. The van der Waals surface area contributed by atoms with E-state index in [1.54, 1.807) is 24.3 Å². The van der Waals surface area contributed by atoms with E-state index in [9.17, 15) is 18.0 Å². The normalized spacial score (nSPS) is 13.2. The van der Waals surface area contributed by atoms with Crippen molar-refractivity contribution in [3.63, 3.8) is 0 Å². The van der Waals surface area contributed by atoms with Gasteiger partial charge >= 0.3 is 6.18 Å². The third-order valence-corrected chi connectivity index (χ3v) is 2.74. The molecular formula is C11H11F3INO. The summed E-state index contributed by atoms with van der Waals surface area (Å²) >= 11 is 2.08. The van der Waals surface area contributed by atoms with Crippen LogP contribution in [-0.2, 0) is 0 Å². The van der Waals surface area contributed by atoms with Crippen LogP contribution >= 0.6 is 22.6 Å². The maximum absolute atomic E-state index is 12.1. The van der Waals surface area contributed by atoms with Gasteiger partial charge in [0, 0.05) is 15.2 Å². The fourth-order valence-corrected chi connectivity index (χ4v) is 1.67. The number of nitrogens with one attached hydrogen (secondary N) is 1. The predicted molar refractivity (Wildman–Crippen MR) is 66.8 cm³/mol. The minimum Gasteiger partial charge on any atom is -0.349 e. The van der Waals surface area contributed by atoms with Crippen molar-refractivity contribution >= 4 is 28.5 Å². The highest BCUT2D eigenvalue weighted by Gasteiger charge is 2.30. The second-order valence-electron chi connectivity index (χ2n) is 3.70. The molecule has 17 heavy (non-hydrogen) atoms. The molecule has 0 fully saturated rings. The zero-order valence-electron chi connectivity index (χ0n) is 9.01. The SMILES string of the molecule is CC(CC(F)(F)F)NC(=O)c1ccc(I)cc1. The summed E-state index contributed by atoms with van der Waals surface area (Å²) in [5.74, 6) is -0.488. The van der Waals surface area contributed by atoms with Crippen molar-refractivity contribution in [3.05, 3.63) is 33.4 Å². The smallest absolute Gasteiger partial charge is 0.349 e. The number of hydrogen-bond acceptors (Lipinski definition) is 1. The van der Waals surface area contributed by atoms with E-state index in [0.29, 0.717) is 5.56 Å². The molecule has 1 aromatic rings. The first-order valence-corrected chi connectivity index (χ1v) is 5.99. The molecule has 6 heteroatoms. The molecule has 1 N–H and O–H groups in total. The van der Waals surface area contributed by atoms with Crippen molar-refractivity contribution in [2.45, 2.75) is 25.6 Å². The average molecular weight is 357 g/mol. The molecule has 2 nitrogen and oxygen atoms in total. The lowest BCUT2D eigenvalue weighted by Gasteiger charge is -2.15. The number of amides is 1. The highest BCUT2D eigenvalue weighted by molar-refractivity contribution is 14.1. The summed E-state index contributed by atoms with van der Waals surface area (Å²) in [5.41, 5.74) is 0.361. The molecule has 0 aliphatic rings. The Morgan fingerprint density at radius 3 is 2.35 bits per heavy atom. The average Bonchev–Trinajstić information content (AvgIpc) is 2.15. The van der Waals surface area contributed by atoms with Gasteiger partial charge in [-0.2, -0.15) is 13.2 Å². The third kappa shape index (κ3) is 5.38. The van der Waals surface area contributed by atoms with Crippen LogP contribution in [0.15, 0.2) is 24.3 Å². The van der Waals surface area contributed by atoms with Gasteiger partial charge in [-0.05, 0) is 53.8 Å². The number of benzene rings is 1. The van der Waals surface area contributed by atoms with Gasteiger partial charge in [0.25, 0.3) is 5.91 Å².